The van der Waals surface area contributed by atoms with Gasteiger partial charge in [0.15, 0.2) is 4.34 Å². The van der Waals surface area contributed by atoms with Crippen molar-refractivity contribution in [3.63, 3.8) is 0 Å². The van der Waals surface area contributed by atoms with Crippen LogP contribution in [0.25, 0.3) is 10.2 Å². The lowest BCUT2D eigenvalue weighted by Gasteiger charge is -2.28. The highest BCUT2D eigenvalue weighted by atomic mass is 35.5. The fourth-order valence-corrected chi connectivity index (χ4v) is 5.31. The summed E-state index contributed by atoms with van der Waals surface area (Å²) in [5.74, 6) is -0.0404. The predicted octanol–water partition coefficient (Wildman–Crippen LogP) is 4.91. The molecule has 1 aromatic heterocycles. The van der Waals surface area contributed by atoms with Gasteiger partial charge in [-0.05, 0) is 49.4 Å². The molecule has 5 nitrogen and oxygen atoms in total. The molecule has 2 aromatic carbocycles. The number of morpholine rings is 1. The first-order valence-corrected chi connectivity index (χ1v) is 11.1. The largest absolute Gasteiger partial charge is 0.378 e. The molecule has 146 valence electrons. The van der Waals surface area contributed by atoms with Gasteiger partial charge in [-0.3, -0.25) is 4.79 Å². The molecule has 8 heteroatoms. The van der Waals surface area contributed by atoms with Gasteiger partial charge >= 0.3 is 0 Å². The number of hydrogen-bond donors (Lipinski definition) is 1. The van der Waals surface area contributed by atoms with Gasteiger partial charge in [0.2, 0.25) is 5.91 Å². The monoisotopic (exact) mass is 433 g/mol. The van der Waals surface area contributed by atoms with Crippen molar-refractivity contribution in [3.05, 3.63) is 47.5 Å². The number of rotatable bonds is 5. The number of anilines is 2. The molecule has 28 heavy (non-hydrogen) atoms. The summed E-state index contributed by atoms with van der Waals surface area (Å²) in [6.45, 7) is 5.19. The molecule has 1 amide bonds. The molecule has 1 atom stereocenters. The van der Waals surface area contributed by atoms with E-state index in [4.69, 9.17) is 16.3 Å². The van der Waals surface area contributed by atoms with E-state index >= 15 is 0 Å². The van der Waals surface area contributed by atoms with Gasteiger partial charge in [0.05, 0.1) is 28.7 Å². The number of thiazole rings is 1. The zero-order valence-corrected chi connectivity index (χ0v) is 17.7. The minimum atomic E-state index is -0.255. The van der Waals surface area contributed by atoms with E-state index in [1.54, 1.807) is 11.3 Å². The number of thioether (sulfide) groups is 1. The average Bonchev–Trinajstić information content (AvgIpc) is 3.10. The van der Waals surface area contributed by atoms with E-state index in [0.717, 1.165) is 52.2 Å². The second kappa shape index (κ2) is 8.69. The Balaban J connectivity index is 1.36. The van der Waals surface area contributed by atoms with Crippen LogP contribution in [-0.2, 0) is 9.53 Å². The Morgan fingerprint density at radius 1 is 1.25 bits per heavy atom. The number of fused-ring (bicyclic) bond motifs is 1. The van der Waals surface area contributed by atoms with Crippen LogP contribution in [0.5, 0.6) is 0 Å². The summed E-state index contributed by atoms with van der Waals surface area (Å²) in [6, 6.07) is 13.6. The number of carbonyl (C=O) groups excluding carboxylic acids is 1. The van der Waals surface area contributed by atoms with E-state index in [9.17, 15) is 4.79 Å². The van der Waals surface area contributed by atoms with E-state index in [-0.39, 0.29) is 11.2 Å². The molecule has 1 aliphatic heterocycles. The molecule has 0 bridgehead atoms. The number of aromatic nitrogens is 1. The van der Waals surface area contributed by atoms with E-state index < -0.39 is 0 Å². The van der Waals surface area contributed by atoms with Crippen molar-refractivity contribution >= 4 is 62.2 Å². The first kappa shape index (κ1) is 19.5. The molecule has 0 aliphatic carbocycles. The lowest BCUT2D eigenvalue weighted by molar-refractivity contribution is -0.115. The van der Waals surface area contributed by atoms with Gasteiger partial charge in [0, 0.05) is 29.5 Å². The predicted molar refractivity (Wildman–Crippen MR) is 118 cm³/mol. The molecular formula is C20H20ClN3O2S2. The lowest BCUT2D eigenvalue weighted by atomic mass is 10.2. The molecule has 1 fully saturated rings. The Kier molecular flexibility index (Phi) is 6.06. The van der Waals surface area contributed by atoms with Crippen molar-refractivity contribution in [2.75, 3.05) is 36.5 Å². The first-order valence-electron chi connectivity index (χ1n) is 9.05. The maximum Gasteiger partial charge on any atom is 0.237 e. The molecule has 1 aliphatic rings. The van der Waals surface area contributed by atoms with Crippen LogP contribution in [0.15, 0.2) is 46.8 Å². The highest BCUT2D eigenvalue weighted by Gasteiger charge is 2.18. The molecular weight excluding hydrogens is 414 g/mol. The van der Waals surface area contributed by atoms with E-state index in [2.05, 4.69) is 15.2 Å². The highest BCUT2D eigenvalue weighted by molar-refractivity contribution is 8.02. The normalized spacial score (nSPS) is 15.6. The van der Waals surface area contributed by atoms with Crippen LogP contribution in [0, 0.1) is 0 Å². The fraction of sp³-hybridized carbons (Fsp3) is 0.300. The Bertz CT molecular complexity index is 971. The molecule has 0 radical (unpaired) electrons. The Hall–Kier alpha value is -1.80. The van der Waals surface area contributed by atoms with E-state index in [0.29, 0.717) is 5.02 Å². The van der Waals surface area contributed by atoms with Crippen LogP contribution in [0.1, 0.15) is 6.92 Å². The second-order valence-electron chi connectivity index (χ2n) is 6.49. The number of amides is 1. The van der Waals surface area contributed by atoms with Crippen LogP contribution in [0.4, 0.5) is 11.4 Å². The number of hydrogen-bond acceptors (Lipinski definition) is 6. The van der Waals surface area contributed by atoms with Crippen molar-refractivity contribution in [1.82, 2.24) is 4.98 Å². The van der Waals surface area contributed by atoms with Crippen LogP contribution < -0.4 is 10.2 Å². The highest BCUT2D eigenvalue weighted by Crippen LogP contribution is 2.33. The molecule has 1 saturated heterocycles. The van der Waals surface area contributed by atoms with Gasteiger partial charge in [-0.1, -0.05) is 23.4 Å². The number of benzene rings is 2. The summed E-state index contributed by atoms with van der Waals surface area (Å²) in [6.07, 6.45) is 0. The molecule has 0 spiro atoms. The smallest absolute Gasteiger partial charge is 0.237 e. The van der Waals surface area contributed by atoms with Crippen molar-refractivity contribution < 1.29 is 9.53 Å². The zero-order chi connectivity index (χ0) is 19.5. The maximum absolute atomic E-state index is 12.6. The van der Waals surface area contributed by atoms with Gasteiger partial charge in [-0.2, -0.15) is 0 Å². The fourth-order valence-electron chi connectivity index (χ4n) is 2.96. The number of carbonyl (C=O) groups is 1. The van der Waals surface area contributed by atoms with Gasteiger partial charge in [-0.25, -0.2) is 4.98 Å². The summed E-state index contributed by atoms with van der Waals surface area (Å²) in [5.41, 5.74) is 2.81. The number of nitrogens with zero attached hydrogens (tertiary/aromatic N) is 2. The SMILES string of the molecule is C[C@H](Sc1nc2cc(Cl)ccc2s1)C(=O)Nc1ccc(N2CCOCC2)cc1. The molecule has 0 unspecified atom stereocenters. The van der Waals surface area contributed by atoms with Gasteiger partial charge < -0.3 is 15.0 Å². The molecule has 4 rings (SSSR count). The van der Waals surface area contributed by atoms with Crippen molar-refractivity contribution in [3.8, 4) is 0 Å². The quantitative estimate of drug-likeness (QED) is 0.579. The van der Waals surface area contributed by atoms with Crippen LogP contribution >= 0.6 is 34.7 Å². The molecule has 3 aromatic rings. The summed E-state index contributed by atoms with van der Waals surface area (Å²) in [4.78, 5) is 19.4. The number of nitrogens with one attached hydrogen (secondary N) is 1. The van der Waals surface area contributed by atoms with Crippen molar-refractivity contribution in [2.45, 2.75) is 16.5 Å². The Morgan fingerprint density at radius 3 is 2.75 bits per heavy atom. The zero-order valence-electron chi connectivity index (χ0n) is 15.4. The third kappa shape index (κ3) is 4.60. The summed E-state index contributed by atoms with van der Waals surface area (Å²) in [5, 5.41) is 3.40. The summed E-state index contributed by atoms with van der Waals surface area (Å²) in [7, 11) is 0. The van der Waals surface area contributed by atoms with Crippen LogP contribution in [0.2, 0.25) is 5.02 Å². The Morgan fingerprint density at radius 2 is 2.00 bits per heavy atom. The number of ether oxygens (including phenoxy) is 1. The van der Waals surface area contributed by atoms with Crippen LogP contribution in [0.3, 0.4) is 0 Å². The van der Waals surface area contributed by atoms with Crippen LogP contribution in [-0.4, -0.2) is 42.4 Å². The number of halogens is 1. The van der Waals surface area contributed by atoms with E-state index in [1.807, 2.05) is 49.4 Å². The summed E-state index contributed by atoms with van der Waals surface area (Å²) >= 11 is 9.05. The van der Waals surface area contributed by atoms with Crippen molar-refractivity contribution in [1.29, 1.82) is 0 Å². The second-order valence-corrected chi connectivity index (χ2v) is 9.54. The molecule has 2 heterocycles. The summed E-state index contributed by atoms with van der Waals surface area (Å²) < 4.78 is 7.32. The first-order chi connectivity index (χ1) is 13.6. The van der Waals surface area contributed by atoms with Gasteiger partial charge in [0.25, 0.3) is 0 Å². The average molecular weight is 434 g/mol. The third-order valence-electron chi connectivity index (χ3n) is 4.49. The van der Waals surface area contributed by atoms with Gasteiger partial charge in [0.1, 0.15) is 0 Å². The van der Waals surface area contributed by atoms with Crippen molar-refractivity contribution in [2.24, 2.45) is 0 Å². The van der Waals surface area contributed by atoms with E-state index in [1.165, 1.54) is 11.8 Å². The topological polar surface area (TPSA) is 54.5 Å². The molecule has 1 N–H and O–H groups in total. The maximum atomic E-state index is 12.6. The standard InChI is InChI=1S/C20H20ClN3O2S2/c1-13(27-20-23-17-12-14(21)2-7-18(17)28-20)19(25)22-15-3-5-16(6-4-15)24-8-10-26-11-9-24/h2-7,12-13H,8-11H2,1H3,(H,22,25)/t13-/m0/s1. The minimum absolute atomic E-state index is 0.0404. The Labute approximate surface area is 177 Å². The minimum Gasteiger partial charge on any atom is -0.378 e. The molecule has 0 saturated carbocycles. The third-order valence-corrected chi connectivity index (χ3v) is 6.95. The van der Waals surface area contributed by atoms with Gasteiger partial charge in [-0.15, -0.1) is 11.3 Å². The lowest BCUT2D eigenvalue weighted by Crippen LogP contribution is -2.36.